The maximum atomic E-state index is 13.8. The van der Waals surface area contributed by atoms with Crippen molar-refractivity contribution in [2.24, 2.45) is 5.92 Å². The van der Waals surface area contributed by atoms with Crippen molar-refractivity contribution < 1.29 is 19.1 Å². The van der Waals surface area contributed by atoms with Crippen molar-refractivity contribution in [3.8, 4) is 5.75 Å². The standard InChI is InChI=1S/C31H41N5O4/c1-22(2)20-25-29(38)36-31(14-6-7-15-31)30(39)35-26(21-24-12-5-8-16-32-24)28(37)34-17-9-11-23-10-3-4-13-27(23)40-19-18-33-25/h3-5,8-13,16,22,25-26,33H,6-7,14-15,17-21H2,1-2H3,(H,34,37)(H,35,39)(H,36,38)/b11-9-. The van der Waals surface area contributed by atoms with Crippen LogP contribution in [0.1, 0.15) is 57.2 Å². The fourth-order valence-corrected chi connectivity index (χ4v) is 5.31. The van der Waals surface area contributed by atoms with Gasteiger partial charge in [-0.1, -0.05) is 63.1 Å². The molecule has 3 amide bonds. The van der Waals surface area contributed by atoms with Crippen LogP contribution in [-0.2, 0) is 20.8 Å². The van der Waals surface area contributed by atoms with E-state index in [-0.39, 0.29) is 36.6 Å². The summed E-state index contributed by atoms with van der Waals surface area (Å²) >= 11 is 0. The Morgan fingerprint density at radius 2 is 1.77 bits per heavy atom. The Bertz CT molecular complexity index is 1180. The van der Waals surface area contributed by atoms with E-state index >= 15 is 0 Å². The number of aromatic nitrogens is 1. The summed E-state index contributed by atoms with van der Waals surface area (Å²) in [6.45, 7) is 5.27. The number of benzene rings is 1. The smallest absolute Gasteiger partial charge is 0.246 e. The first kappa shape index (κ1) is 29.3. The predicted octanol–water partition coefficient (Wildman–Crippen LogP) is 2.76. The summed E-state index contributed by atoms with van der Waals surface area (Å²) < 4.78 is 6.03. The topological polar surface area (TPSA) is 121 Å². The molecule has 1 saturated carbocycles. The van der Waals surface area contributed by atoms with E-state index in [0.29, 0.717) is 38.1 Å². The van der Waals surface area contributed by atoms with Crippen LogP contribution in [-0.4, -0.2) is 60.0 Å². The minimum absolute atomic E-state index is 0.207. The molecular weight excluding hydrogens is 506 g/mol. The van der Waals surface area contributed by atoms with Gasteiger partial charge < -0.3 is 26.0 Å². The second kappa shape index (κ2) is 14.1. The van der Waals surface area contributed by atoms with E-state index in [1.807, 2.05) is 54.6 Å². The van der Waals surface area contributed by atoms with Crippen molar-refractivity contribution in [1.82, 2.24) is 26.3 Å². The average Bonchev–Trinajstić information content (AvgIpc) is 3.42. The maximum absolute atomic E-state index is 13.8. The van der Waals surface area contributed by atoms with Crippen LogP contribution in [0.2, 0.25) is 0 Å². The number of nitrogens with one attached hydrogen (secondary N) is 4. The number of pyridine rings is 1. The zero-order chi connectivity index (χ0) is 28.4. The molecule has 40 heavy (non-hydrogen) atoms. The summed E-state index contributed by atoms with van der Waals surface area (Å²) in [5.41, 5.74) is 0.519. The van der Waals surface area contributed by atoms with Crippen LogP contribution in [0.25, 0.3) is 6.08 Å². The number of carbonyl (C=O) groups is 3. The molecule has 2 aliphatic rings. The number of rotatable bonds is 4. The Hall–Kier alpha value is -3.72. The Morgan fingerprint density at radius 3 is 2.52 bits per heavy atom. The molecule has 214 valence electrons. The molecule has 1 aromatic heterocycles. The number of fused-ring (bicyclic) bond motifs is 1. The predicted molar refractivity (Wildman–Crippen MR) is 154 cm³/mol. The number of para-hydroxylation sites is 1. The molecule has 4 N–H and O–H groups in total. The Labute approximate surface area is 236 Å². The minimum Gasteiger partial charge on any atom is -0.492 e. The van der Waals surface area contributed by atoms with Crippen LogP contribution in [0.15, 0.2) is 54.7 Å². The Balaban J connectivity index is 1.62. The second-order valence-electron chi connectivity index (χ2n) is 11.0. The normalized spacial score (nSPS) is 23.2. The van der Waals surface area contributed by atoms with Gasteiger partial charge in [0.15, 0.2) is 0 Å². The molecule has 0 radical (unpaired) electrons. The highest BCUT2D eigenvalue weighted by molar-refractivity contribution is 5.96. The number of hydrogen-bond donors (Lipinski definition) is 4. The summed E-state index contributed by atoms with van der Waals surface area (Å²) in [5.74, 6) is 0.149. The summed E-state index contributed by atoms with van der Waals surface area (Å²) in [4.78, 5) is 45.1. The molecule has 1 spiro atoms. The molecule has 9 heteroatoms. The quantitative estimate of drug-likeness (QED) is 0.467. The van der Waals surface area contributed by atoms with Gasteiger partial charge in [-0.3, -0.25) is 19.4 Å². The summed E-state index contributed by atoms with van der Waals surface area (Å²) in [6, 6.07) is 11.9. The molecule has 2 unspecified atom stereocenters. The SMILES string of the molecule is CC(C)CC1NCCOc2ccccc2/C=C\CNC(=O)C(Cc2ccccn2)NC(=O)C2(CCCC2)NC1=O. The number of amides is 3. The van der Waals surface area contributed by atoms with Crippen molar-refractivity contribution in [2.75, 3.05) is 19.7 Å². The van der Waals surface area contributed by atoms with E-state index in [9.17, 15) is 14.4 Å². The Morgan fingerprint density at radius 1 is 1.00 bits per heavy atom. The molecule has 2 heterocycles. The maximum Gasteiger partial charge on any atom is 0.246 e. The molecule has 1 fully saturated rings. The van der Waals surface area contributed by atoms with Gasteiger partial charge >= 0.3 is 0 Å². The molecule has 2 atom stereocenters. The third-order valence-corrected chi connectivity index (χ3v) is 7.40. The molecular formula is C31H41N5O4. The van der Waals surface area contributed by atoms with E-state index in [1.54, 1.807) is 6.20 Å². The molecule has 1 aromatic carbocycles. The number of ether oxygens (including phenoxy) is 1. The largest absolute Gasteiger partial charge is 0.492 e. The van der Waals surface area contributed by atoms with Gasteiger partial charge in [-0.2, -0.15) is 0 Å². The van der Waals surface area contributed by atoms with Gasteiger partial charge in [-0.15, -0.1) is 0 Å². The van der Waals surface area contributed by atoms with Gasteiger partial charge in [0.2, 0.25) is 17.7 Å². The number of carbonyl (C=O) groups excluding carboxylic acids is 3. The third kappa shape index (κ3) is 7.91. The van der Waals surface area contributed by atoms with Crippen molar-refractivity contribution >= 4 is 23.8 Å². The Kier molecular flexibility index (Phi) is 10.3. The average molecular weight is 548 g/mol. The molecule has 0 saturated heterocycles. The zero-order valence-corrected chi connectivity index (χ0v) is 23.4. The van der Waals surface area contributed by atoms with E-state index in [4.69, 9.17) is 4.74 Å². The first-order chi connectivity index (χ1) is 19.4. The van der Waals surface area contributed by atoms with Crippen LogP contribution < -0.4 is 26.0 Å². The molecule has 1 aliphatic heterocycles. The van der Waals surface area contributed by atoms with Crippen LogP contribution in [0.5, 0.6) is 5.75 Å². The van der Waals surface area contributed by atoms with Crippen LogP contribution in [0.3, 0.4) is 0 Å². The van der Waals surface area contributed by atoms with E-state index in [2.05, 4.69) is 40.1 Å². The second-order valence-corrected chi connectivity index (χ2v) is 11.0. The number of nitrogens with zero attached hydrogens (tertiary/aromatic N) is 1. The van der Waals surface area contributed by atoms with Gasteiger partial charge in [-0.25, -0.2) is 0 Å². The lowest BCUT2D eigenvalue weighted by atomic mass is 9.93. The molecule has 1 aliphatic carbocycles. The van der Waals surface area contributed by atoms with Gasteiger partial charge in [0.1, 0.15) is 23.9 Å². The monoisotopic (exact) mass is 547 g/mol. The van der Waals surface area contributed by atoms with Crippen LogP contribution >= 0.6 is 0 Å². The summed E-state index contributed by atoms with van der Waals surface area (Å²) in [7, 11) is 0. The third-order valence-electron chi connectivity index (χ3n) is 7.40. The van der Waals surface area contributed by atoms with E-state index in [0.717, 1.165) is 24.2 Å². The van der Waals surface area contributed by atoms with Crippen molar-refractivity contribution in [2.45, 2.75) is 70.0 Å². The van der Waals surface area contributed by atoms with Crippen molar-refractivity contribution in [3.63, 3.8) is 0 Å². The van der Waals surface area contributed by atoms with Gasteiger partial charge in [0.25, 0.3) is 0 Å². The zero-order valence-electron chi connectivity index (χ0n) is 23.4. The fourth-order valence-electron chi connectivity index (χ4n) is 5.31. The molecule has 0 bridgehead atoms. The molecule has 4 rings (SSSR count). The van der Waals surface area contributed by atoms with Gasteiger partial charge in [0.05, 0.1) is 6.04 Å². The molecule has 2 aromatic rings. The van der Waals surface area contributed by atoms with Crippen LogP contribution in [0.4, 0.5) is 0 Å². The highest BCUT2D eigenvalue weighted by atomic mass is 16.5. The lowest BCUT2D eigenvalue weighted by Gasteiger charge is -2.33. The van der Waals surface area contributed by atoms with Gasteiger partial charge in [0, 0.05) is 37.0 Å². The minimum atomic E-state index is -1.06. The number of hydrogen-bond acceptors (Lipinski definition) is 6. The first-order valence-corrected chi connectivity index (χ1v) is 14.3. The highest BCUT2D eigenvalue weighted by Gasteiger charge is 2.44. The van der Waals surface area contributed by atoms with E-state index < -0.39 is 17.6 Å². The highest BCUT2D eigenvalue weighted by Crippen LogP contribution is 2.30. The van der Waals surface area contributed by atoms with Gasteiger partial charge in [-0.05, 0) is 43.4 Å². The van der Waals surface area contributed by atoms with Crippen molar-refractivity contribution in [3.05, 3.63) is 66.0 Å². The van der Waals surface area contributed by atoms with Crippen molar-refractivity contribution in [1.29, 1.82) is 0 Å². The lowest BCUT2D eigenvalue weighted by Crippen LogP contribution is -2.63. The van der Waals surface area contributed by atoms with E-state index in [1.165, 1.54) is 0 Å². The lowest BCUT2D eigenvalue weighted by molar-refractivity contribution is -0.136. The first-order valence-electron chi connectivity index (χ1n) is 14.3. The van der Waals surface area contributed by atoms with Crippen LogP contribution in [0, 0.1) is 5.92 Å². The fraction of sp³-hybridized carbons (Fsp3) is 0.484. The molecule has 9 nitrogen and oxygen atoms in total. The summed E-state index contributed by atoms with van der Waals surface area (Å²) in [6.07, 6.45) is 8.99. The summed E-state index contributed by atoms with van der Waals surface area (Å²) in [5, 5.41) is 12.3.